The summed E-state index contributed by atoms with van der Waals surface area (Å²) in [5.74, 6) is 0. The number of aryl methyl sites for hydroxylation is 1. The molecule has 1 fully saturated rings. The molecule has 0 aliphatic carbocycles. The Labute approximate surface area is 75.8 Å². The maximum Gasteiger partial charge on any atom is 0.183 e. The van der Waals surface area contributed by atoms with Gasteiger partial charge in [-0.1, -0.05) is 0 Å². The second-order valence-electron chi connectivity index (χ2n) is 3.00. The summed E-state index contributed by atoms with van der Waals surface area (Å²) in [5.41, 5.74) is 1.08. The Morgan fingerprint density at radius 3 is 3.25 bits per heavy atom. The zero-order valence-corrected chi connectivity index (χ0v) is 7.86. The molecule has 2 rings (SSSR count). The van der Waals surface area contributed by atoms with Crippen molar-refractivity contribution in [3.8, 4) is 0 Å². The minimum absolute atomic E-state index is 0.468. The standard InChI is InChI=1S/C8H12N2OS/c1-6-5-12-8(9-6)10-7-2-3-11-4-7/h5,7H,2-4H2,1H3,(H,9,10). The van der Waals surface area contributed by atoms with Crippen LogP contribution in [0.4, 0.5) is 5.13 Å². The van der Waals surface area contributed by atoms with Crippen molar-refractivity contribution in [2.75, 3.05) is 18.5 Å². The highest BCUT2D eigenvalue weighted by Crippen LogP contribution is 2.17. The van der Waals surface area contributed by atoms with Gasteiger partial charge in [0, 0.05) is 12.0 Å². The lowest BCUT2D eigenvalue weighted by molar-refractivity contribution is 0.195. The van der Waals surface area contributed by atoms with Crippen LogP contribution in [0.1, 0.15) is 12.1 Å². The van der Waals surface area contributed by atoms with Gasteiger partial charge in [-0.25, -0.2) is 4.98 Å². The van der Waals surface area contributed by atoms with E-state index in [4.69, 9.17) is 4.74 Å². The van der Waals surface area contributed by atoms with Crippen LogP contribution in [0.15, 0.2) is 5.38 Å². The normalized spacial score (nSPS) is 22.9. The number of aromatic nitrogens is 1. The van der Waals surface area contributed by atoms with Crippen LogP contribution in [0.25, 0.3) is 0 Å². The van der Waals surface area contributed by atoms with Gasteiger partial charge in [-0.15, -0.1) is 11.3 Å². The first-order valence-corrected chi connectivity index (χ1v) is 4.99. The number of nitrogens with one attached hydrogen (secondary N) is 1. The zero-order chi connectivity index (χ0) is 8.39. The molecule has 12 heavy (non-hydrogen) atoms. The molecule has 4 heteroatoms. The monoisotopic (exact) mass is 184 g/mol. The first-order valence-electron chi connectivity index (χ1n) is 4.11. The van der Waals surface area contributed by atoms with Crippen molar-refractivity contribution in [2.24, 2.45) is 0 Å². The highest BCUT2D eigenvalue weighted by atomic mass is 32.1. The Morgan fingerprint density at radius 2 is 2.67 bits per heavy atom. The molecule has 0 spiro atoms. The van der Waals surface area contributed by atoms with Crippen molar-refractivity contribution >= 4 is 16.5 Å². The summed E-state index contributed by atoms with van der Waals surface area (Å²) in [7, 11) is 0. The Morgan fingerprint density at radius 1 is 1.75 bits per heavy atom. The van der Waals surface area contributed by atoms with Crippen LogP contribution in [0, 0.1) is 6.92 Å². The smallest absolute Gasteiger partial charge is 0.183 e. The fourth-order valence-corrected chi connectivity index (χ4v) is 2.01. The van der Waals surface area contributed by atoms with Gasteiger partial charge >= 0.3 is 0 Å². The van der Waals surface area contributed by atoms with Gasteiger partial charge in [0.2, 0.25) is 0 Å². The summed E-state index contributed by atoms with van der Waals surface area (Å²) >= 11 is 1.66. The molecule has 0 radical (unpaired) electrons. The van der Waals surface area contributed by atoms with E-state index in [2.05, 4.69) is 15.7 Å². The number of hydrogen-bond donors (Lipinski definition) is 1. The van der Waals surface area contributed by atoms with Gasteiger partial charge in [-0.3, -0.25) is 0 Å². The fraction of sp³-hybridized carbons (Fsp3) is 0.625. The number of nitrogens with zero attached hydrogens (tertiary/aromatic N) is 1. The second kappa shape index (κ2) is 3.41. The largest absolute Gasteiger partial charge is 0.379 e. The molecule has 3 nitrogen and oxygen atoms in total. The summed E-state index contributed by atoms with van der Waals surface area (Å²) in [5, 5.41) is 6.41. The van der Waals surface area contributed by atoms with E-state index in [1.54, 1.807) is 11.3 Å². The van der Waals surface area contributed by atoms with Crippen LogP contribution < -0.4 is 5.32 Å². The minimum atomic E-state index is 0.468. The van der Waals surface area contributed by atoms with Crippen LogP contribution in [-0.2, 0) is 4.74 Å². The molecule has 0 saturated carbocycles. The maximum absolute atomic E-state index is 5.25. The van der Waals surface area contributed by atoms with Gasteiger partial charge in [-0.05, 0) is 13.3 Å². The van der Waals surface area contributed by atoms with Gasteiger partial charge in [0.25, 0.3) is 0 Å². The molecule has 1 unspecified atom stereocenters. The SMILES string of the molecule is Cc1csc(NC2CCOC2)n1. The van der Waals surface area contributed by atoms with Gasteiger partial charge in [0.1, 0.15) is 0 Å². The van der Waals surface area contributed by atoms with E-state index in [0.717, 1.165) is 30.5 Å². The third kappa shape index (κ3) is 1.76. The van der Waals surface area contributed by atoms with Crippen molar-refractivity contribution in [1.82, 2.24) is 4.98 Å². The summed E-state index contributed by atoms with van der Waals surface area (Å²) in [6, 6.07) is 0.468. The van der Waals surface area contributed by atoms with Gasteiger partial charge < -0.3 is 10.1 Å². The molecule has 66 valence electrons. The third-order valence-electron chi connectivity index (χ3n) is 1.88. The van der Waals surface area contributed by atoms with Gasteiger partial charge in [0.15, 0.2) is 5.13 Å². The number of thiazole rings is 1. The highest BCUT2D eigenvalue weighted by Gasteiger charge is 2.15. The van der Waals surface area contributed by atoms with E-state index in [1.165, 1.54) is 0 Å². The molecule has 1 aliphatic heterocycles. The van der Waals surface area contributed by atoms with Crippen molar-refractivity contribution in [3.05, 3.63) is 11.1 Å². The van der Waals surface area contributed by atoms with E-state index in [-0.39, 0.29) is 0 Å². The number of hydrogen-bond acceptors (Lipinski definition) is 4. The molecule has 0 aromatic carbocycles. The van der Waals surface area contributed by atoms with E-state index < -0.39 is 0 Å². The van der Waals surface area contributed by atoms with E-state index in [9.17, 15) is 0 Å². The van der Waals surface area contributed by atoms with Crippen LogP contribution in [0.3, 0.4) is 0 Å². The Hall–Kier alpha value is -0.610. The predicted molar refractivity (Wildman–Crippen MR) is 49.7 cm³/mol. The molecule has 1 saturated heterocycles. The lowest BCUT2D eigenvalue weighted by atomic mass is 10.3. The molecule has 1 aromatic rings. The molecule has 0 amide bonds. The van der Waals surface area contributed by atoms with Crippen molar-refractivity contribution in [2.45, 2.75) is 19.4 Å². The Bertz CT molecular complexity index is 255. The molecule has 1 N–H and O–H groups in total. The molecule has 0 bridgehead atoms. The summed E-state index contributed by atoms with van der Waals surface area (Å²) < 4.78 is 5.25. The second-order valence-corrected chi connectivity index (χ2v) is 3.86. The topological polar surface area (TPSA) is 34.1 Å². The molecule has 1 atom stereocenters. The van der Waals surface area contributed by atoms with Crippen molar-refractivity contribution in [3.63, 3.8) is 0 Å². The van der Waals surface area contributed by atoms with E-state index in [1.807, 2.05) is 6.92 Å². The maximum atomic E-state index is 5.25. The van der Waals surface area contributed by atoms with Crippen LogP contribution >= 0.6 is 11.3 Å². The highest BCUT2D eigenvalue weighted by molar-refractivity contribution is 7.13. The quantitative estimate of drug-likeness (QED) is 0.759. The third-order valence-corrected chi connectivity index (χ3v) is 2.77. The molecular weight excluding hydrogens is 172 g/mol. The van der Waals surface area contributed by atoms with Crippen LogP contribution in [0.2, 0.25) is 0 Å². The lowest BCUT2D eigenvalue weighted by Gasteiger charge is -2.07. The first-order chi connectivity index (χ1) is 5.84. The molecule has 2 heterocycles. The molecular formula is C8H12N2OS. The van der Waals surface area contributed by atoms with E-state index in [0.29, 0.717) is 6.04 Å². The average molecular weight is 184 g/mol. The van der Waals surface area contributed by atoms with Gasteiger partial charge in [0.05, 0.1) is 18.3 Å². The minimum Gasteiger partial charge on any atom is -0.379 e. The van der Waals surface area contributed by atoms with Crippen molar-refractivity contribution in [1.29, 1.82) is 0 Å². The number of ether oxygens (including phenoxy) is 1. The van der Waals surface area contributed by atoms with Gasteiger partial charge in [-0.2, -0.15) is 0 Å². The Kier molecular flexibility index (Phi) is 2.28. The fourth-order valence-electron chi connectivity index (χ4n) is 1.24. The number of rotatable bonds is 2. The summed E-state index contributed by atoms with van der Waals surface area (Å²) in [6.45, 7) is 3.70. The average Bonchev–Trinajstić information content (AvgIpc) is 2.63. The zero-order valence-electron chi connectivity index (χ0n) is 7.04. The molecule has 1 aliphatic rings. The van der Waals surface area contributed by atoms with Crippen LogP contribution in [-0.4, -0.2) is 24.2 Å². The summed E-state index contributed by atoms with van der Waals surface area (Å²) in [6.07, 6.45) is 1.10. The summed E-state index contributed by atoms with van der Waals surface area (Å²) in [4.78, 5) is 4.33. The van der Waals surface area contributed by atoms with E-state index >= 15 is 0 Å². The number of anilines is 1. The molecule has 1 aromatic heterocycles. The lowest BCUT2D eigenvalue weighted by Crippen LogP contribution is -2.18. The van der Waals surface area contributed by atoms with Crippen LogP contribution in [0.5, 0.6) is 0 Å². The predicted octanol–water partition coefficient (Wildman–Crippen LogP) is 1.65. The first kappa shape index (κ1) is 8.01. The van der Waals surface area contributed by atoms with Crippen molar-refractivity contribution < 1.29 is 4.74 Å². The Balaban J connectivity index is 1.94.